The van der Waals surface area contributed by atoms with Gasteiger partial charge in [0.1, 0.15) is 6.10 Å². The predicted octanol–water partition coefficient (Wildman–Crippen LogP) is 0.476. The lowest BCUT2D eigenvalue weighted by molar-refractivity contribution is -0.115. The first-order valence-corrected chi connectivity index (χ1v) is 4.86. The van der Waals surface area contributed by atoms with E-state index in [1.807, 2.05) is 11.9 Å². The summed E-state index contributed by atoms with van der Waals surface area (Å²) in [7, 11) is 1.83. The van der Waals surface area contributed by atoms with Crippen LogP contribution in [0.3, 0.4) is 0 Å². The van der Waals surface area contributed by atoms with E-state index < -0.39 is 12.0 Å². The van der Waals surface area contributed by atoms with Crippen molar-refractivity contribution >= 4 is 0 Å². The van der Waals surface area contributed by atoms with E-state index in [0.717, 1.165) is 0 Å². The number of ether oxygens (including phenoxy) is 1. The van der Waals surface area contributed by atoms with Crippen molar-refractivity contribution in [2.45, 2.75) is 37.0 Å². The Labute approximate surface area is 81.6 Å². The van der Waals surface area contributed by atoms with E-state index in [9.17, 15) is 13.9 Å². The minimum Gasteiger partial charge on any atom is -0.387 e. The van der Waals surface area contributed by atoms with E-state index in [1.54, 1.807) is 0 Å². The lowest BCUT2D eigenvalue weighted by Crippen LogP contribution is -2.49. The summed E-state index contributed by atoms with van der Waals surface area (Å²) in [6, 6.07) is -0.335. The van der Waals surface area contributed by atoms with E-state index in [0.29, 0.717) is 13.2 Å². The fourth-order valence-electron chi connectivity index (χ4n) is 2.19. The Hall–Kier alpha value is -0.260. The minimum atomic E-state index is -2.97. The van der Waals surface area contributed by atoms with Crippen LogP contribution in [0.15, 0.2) is 0 Å². The van der Waals surface area contributed by atoms with E-state index in [4.69, 9.17) is 4.74 Å². The summed E-state index contributed by atoms with van der Waals surface area (Å²) in [5.41, 5.74) is 0. The molecule has 2 saturated heterocycles. The number of fused-ring (bicyclic) bond motifs is 2. The average Bonchev–Trinajstić information content (AvgIpc) is 2.17. The van der Waals surface area contributed by atoms with E-state index >= 15 is 0 Å². The van der Waals surface area contributed by atoms with E-state index in [-0.39, 0.29) is 24.9 Å². The molecular weight excluding hydrogens is 192 g/mol. The number of likely N-dealkylation sites (N-methyl/N-ethyl adjacent to an activating group) is 1. The zero-order valence-corrected chi connectivity index (χ0v) is 8.12. The molecule has 2 heterocycles. The van der Waals surface area contributed by atoms with Gasteiger partial charge in [0.25, 0.3) is 5.92 Å². The van der Waals surface area contributed by atoms with Crippen LogP contribution in [-0.2, 0) is 4.74 Å². The predicted molar refractivity (Wildman–Crippen MR) is 46.3 cm³/mol. The Balaban J connectivity index is 2.20. The first kappa shape index (κ1) is 10.3. The summed E-state index contributed by atoms with van der Waals surface area (Å²) in [5.74, 6) is -2.97. The van der Waals surface area contributed by atoms with Gasteiger partial charge in [-0.2, -0.15) is 0 Å². The fourth-order valence-corrected chi connectivity index (χ4v) is 2.19. The van der Waals surface area contributed by atoms with Crippen LogP contribution in [0.1, 0.15) is 12.8 Å². The normalized spacial score (nSPS) is 43.3. The molecule has 2 bridgehead atoms. The quantitative estimate of drug-likeness (QED) is 0.627. The Morgan fingerprint density at radius 2 is 2.00 bits per heavy atom. The third-order valence-electron chi connectivity index (χ3n) is 3.26. The van der Waals surface area contributed by atoms with Crippen molar-refractivity contribution in [1.82, 2.24) is 4.90 Å². The summed E-state index contributed by atoms with van der Waals surface area (Å²) < 4.78 is 31.9. The molecule has 0 aromatic heterocycles. The van der Waals surface area contributed by atoms with E-state index in [2.05, 4.69) is 0 Å². The van der Waals surface area contributed by atoms with Gasteiger partial charge in [-0.3, -0.25) is 4.90 Å². The van der Waals surface area contributed by atoms with Crippen LogP contribution in [0.5, 0.6) is 0 Å². The molecule has 0 saturated carbocycles. The maximum Gasteiger partial charge on any atom is 0.275 e. The molecule has 5 heteroatoms. The monoisotopic (exact) mass is 207 g/mol. The molecule has 82 valence electrons. The molecule has 0 aromatic carbocycles. The standard InChI is InChI=1S/C9H15F2NO2/c1-12-6-2-8(13)9(10,11)3-7(12)5-14-4-6/h6-8,13H,2-5H2,1H3. The Kier molecular flexibility index (Phi) is 2.49. The molecule has 0 spiro atoms. The van der Waals surface area contributed by atoms with Crippen LogP contribution in [0, 0.1) is 0 Å². The van der Waals surface area contributed by atoms with Crippen molar-refractivity contribution in [2.24, 2.45) is 0 Å². The molecule has 0 aliphatic carbocycles. The Bertz CT molecular complexity index is 225. The van der Waals surface area contributed by atoms with Crippen LogP contribution < -0.4 is 0 Å². The number of aliphatic hydroxyl groups excluding tert-OH is 1. The number of aliphatic hydroxyl groups is 1. The molecule has 14 heavy (non-hydrogen) atoms. The number of rotatable bonds is 0. The zero-order chi connectivity index (χ0) is 10.3. The summed E-state index contributed by atoms with van der Waals surface area (Å²) in [6.45, 7) is 0.787. The highest BCUT2D eigenvalue weighted by atomic mass is 19.3. The third kappa shape index (κ3) is 1.64. The van der Waals surface area contributed by atoms with Gasteiger partial charge in [0.2, 0.25) is 0 Å². The molecule has 0 radical (unpaired) electrons. The minimum absolute atomic E-state index is 0.0721. The van der Waals surface area contributed by atoms with Crippen molar-refractivity contribution < 1.29 is 18.6 Å². The molecule has 2 fully saturated rings. The van der Waals surface area contributed by atoms with Gasteiger partial charge in [0.15, 0.2) is 0 Å². The lowest BCUT2D eigenvalue weighted by Gasteiger charge is -2.37. The molecule has 2 aliphatic rings. The van der Waals surface area contributed by atoms with Crippen LogP contribution in [0.2, 0.25) is 0 Å². The zero-order valence-electron chi connectivity index (χ0n) is 8.12. The molecule has 2 aliphatic heterocycles. The number of hydrogen-bond donors (Lipinski definition) is 1. The number of nitrogens with zero attached hydrogens (tertiary/aromatic N) is 1. The maximum absolute atomic E-state index is 13.3. The Morgan fingerprint density at radius 3 is 2.71 bits per heavy atom. The van der Waals surface area contributed by atoms with Gasteiger partial charge in [-0.15, -0.1) is 0 Å². The number of alkyl halides is 2. The first-order chi connectivity index (χ1) is 6.50. The van der Waals surface area contributed by atoms with Crippen molar-refractivity contribution in [3.8, 4) is 0 Å². The molecule has 0 amide bonds. The van der Waals surface area contributed by atoms with Crippen LogP contribution in [-0.4, -0.2) is 54.4 Å². The molecule has 3 atom stereocenters. The average molecular weight is 207 g/mol. The summed E-state index contributed by atoms with van der Waals surface area (Å²) in [6.07, 6.45) is -1.73. The van der Waals surface area contributed by atoms with Crippen molar-refractivity contribution in [3.63, 3.8) is 0 Å². The van der Waals surface area contributed by atoms with Gasteiger partial charge in [-0.05, 0) is 13.5 Å². The molecular formula is C9H15F2NO2. The number of hydrogen-bond acceptors (Lipinski definition) is 3. The maximum atomic E-state index is 13.3. The summed E-state index contributed by atoms with van der Waals surface area (Å²) in [5, 5.41) is 9.35. The van der Waals surface area contributed by atoms with Gasteiger partial charge >= 0.3 is 0 Å². The Morgan fingerprint density at radius 1 is 1.36 bits per heavy atom. The van der Waals surface area contributed by atoms with E-state index in [1.165, 1.54) is 0 Å². The highest BCUT2D eigenvalue weighted by molar-refractivity contribution is 4.94. The first-order valence-electron chi connectivity index (χ1n) is 4.86. The van der Waals surface area contributed by atoms with Crippen LogP contribution in [0.4, 0.5) is 8.78 Å². The van der Waals surface area contributed by atoms with Crippen molar-refractivity contribution in [1.29, 1.82) is 0 Å². The topological polar surface area (TPSA) is 32.7 Å². The van der Waals surface area contributed by atoms with Gasteiger partial charge in [0, 0.05) is 18.5 Å². The van der Waals surface area contributed by atoms with Gasteiger partial charge in [-0.25, -0.2) is 8.78 Å². The number of morpholine rings is 1. The molecule has 2 rings (SSSR count). The van der Waals surface area contributed by atoms with Crippen LogP contribution >= 0.6 is 0 Å². The second-order valence-electron chi connectivity index (χ2n) is 4.23. The molecule has 3 unspecified atom stereocenters. The number of halogens is 2. The fraction of sp³-hybridized carbons (Fsp3) is 1.00. The van der Waals surface area contributed by atoms with Gasteiger partial charge in [0.05, 0.1) is 13.2 Å². The highest BCUT2D eigenvalue weighted by Gasteiger charge is 2.48. The SMILES string of the molecule is CN1C2COCC1CC(F)(F)C(O)C2. The summed E-state index contributed by atoms with van der Waals surface area (Å²) >= 11 is 0. The van der Waals surface area contributed by atoms with Crippen molar-refractivity contribution in [2.75, 3.05) is 20.3 Å². The second kappa shape index (κ2) is 3.40. The van der Waals surface area contributed by atoms with Crippen LogP contribution in [0.25, 0.3) is 0 Å². The molecule has 1 N–H and O–H groups in total. The highest BCUT2D eigenvalue weighted by Crippen LogP contribution is 2.35. The van der Waals surface area contributed by atoms with Crippen molar-refractivity contribution in [3.05, 3.63) is 0 Å². The second-order valence-corrected chi connectivity index (χ2v) is 4.23. The smallest absolute Gasteiger partial charge is 0.275 e. The molecule has 3 nitrogen and oxygen atoms in total. The molecule has 0 aromatic rings. The largest absolute Gasteiger partial charge is 0.387 e. The summed E-state index contributed by atoms with van der Waals surface area (Å²) in [4.78, 5) is 1.91. The lowest BCUT2D eigenvalue weighted by atomic mass is 10.0. The van der Waals surface area contributed by atoms with Gasteiger partial charge < -0.3 is 9.84 Å². The van der Waals surface area contributed by atoms with Gasteiger partial charge in [-0.1, -0.05) is 0 Å². The third-order valence-corrected chi connectivity index (χ3v) is 3.26.